The van der Waals surface area contributed by atoms with E-state index in [1.165, 1.54) is 6.20 Å². The summed E-state index contributed by atoms with van der Waals surface area (Å²) in [6.45, 7) is 0.133. The first-order valence-corrected chi connectivity index (χ1v) is 10.4. The van der Waals surface area contributed by atoms with E-state index >= 15 is 0 Å². The second-order valence-electron chi connectivity index (χ2n) is 8.03. The zero-order valence-electron chi connectivity index (χ0n) is 17.3. The van der Waals surface area contributed by atoms with Gasteiger partial charge in [-0.1, -0.05) is 6.08 Å². The summed E-state index contributed by atoms with van der Waals surface area (Å²) in [6, 6.07) is 0.940. The van der Waals surface area contributed by atoms with Crippen molar-refractivity contribution in [3.63, 3.8) is 0 Å². The van der Waals surface area contributed by atoms with Gasteiger partial charge >= 0.3 is 0 Å². The molecule has 3 aromatic rings. The normalized spacial score (nSPS) is 16.2. The molecule has 1 fully saturated rings. The van der Waals surface area contributed by atoms with E-state index in [1.807, 2.05) is 0 Å². The third-order valence-electron chi connectivity index (χ3n) is 5.76. The highest BCUT2D eigenvalue weighted by Gasteiger charge is 2.31. The van der Waals surface area contributed by atoms with E-state index in [1.54, 1.807) is 6.08 Å². The number of carbonyl (C=O) groups excluding carboxylic acids is 1. The molecule has 2 aromatic heterocycles. The quantitative estimate of drug-likeness (QED) is 0.609. The van der Waals surface area contributed by atoms with Crippen LogP contribution in [0.2, 0.25) is 0 Å². The Balaban J connectivity index is 1.75. The Hall–Kier alpha value is -3.60. The van der Waals surface area contributed by atoms with Gasteiger partial charge in [0.2, 0.25) is 5.88 Å². The fraction of sp³-hybridized carbons (Fsp3) is 0.318. The molecule has 33 heavy (non-hydrogen) atoms. The smallest absolute Gasteiger partial charge is 0.291 e. The number of amides is 1. The molecular formula is C22H19F3N4O4. The van der Waals surface area contributed by atoms with Crippen LogP contribution in [0.25, 0.3) is 11.2 Å². The highest BCUT2D eigenvalue weighted by atomic mass is 19.1. The Morgan fingerprint density at radius 2 is 1.97 bits per heavy atom. The van der Waals surface area contributed by atoms with Gasteiger partial charge in [0.05, 0.1) is 26.0 Å². The molecule has 11 heteroatoms. The lowest BCUT2D eigenvalue weighted by atomic mass is 10.0. The lowest BCUT2D eigenvalue weighted by Gasteiger charge is -2.18. The maximum atomic E-state index is 14.5. The van der Waals surface area contributed by atoms with Gasteiger partial charge in [0.15, 0.2) is 11.2 Å². The molecule has 1 aliphatic carbocycles. The molecule has 0 atom stereocenters. The summed E-state index contributed by atoms with van der Waals surface area (Å²) in [4.78, 5) is 25.8. The number of aromatic hydroxyl groups is 1. The van der Waals surface area contributed by atoms with Gasteiger partial charge in [-0.3, -0.25) is 14.2 Å². The van der Waals surface area contributed by atoms with Crippen LogP contribution in [-0.2, 0) is 11.3 Å². The van der Waals surface area contributed by atoms with Crippen LogP contribution in [0.3, 0.4) is 0 Å². The largest absolute Gasteiger partial charge is 0.494 e. The Bertz CT molecular complexity index is 1350. The second kappa shape index (κ2) is 8.07. The van der Waals surface area contributed by atoms with Gasteiger partial charge < -0.3 is 15.2 Å². The maximum absolute atomic E-state index is 14.5. The molecule has 8 nitrogen and oxygen atoms in total. The number of halogens is 3. The molecule has 1 aromatic carbocycles. The van der Waals surface area contributed by atoms with Crippen molar-refractivity contribution in [2.75, 3.05) is 13.2 Å². The van der Waals surface area contributed by atoms with E-state index in [-0.39, 0.29) is 11.7 Å². The number of ether oxygens (including phenoxy) is 1. The Morgan fingerprint density at radius 1 is 1.24 bits per heavy atom. The average Bonchev–Trinajstić information content (AvgIpc) is 3.47. The molecule has 1 aliphatic heterocycles. The number of nitrogens with zero attached hydrogens (tertiary/aromatic N) is 3. The first-order chi connectivity index (χ1) is 15.8. The van der Waals surface area contributed by atoms with Gasteiger partial charge in [-0.05, 0) is 24.8 Å². The molecule has 1 amide bonds. The minimum Gasteiger partial charge on any atom is -0.494 e. The van der Waals surface area contributed by atoms with Gasteiger partial charge in [-0.2, -0.15) is 9.61 Å². The van der Waals surface area contributed by atoms with E-state index in [0.29, 0.717) is 37.3 Å². The third-order valence-corrected chi connectivity index (χ3v) is 5.76. The summed E-state index contributed by atoms with van der Waals surface area (Å²) >= 11 is 0. The number of rotatable bonds is 5. The average molecular weight is 460 g/mol. The van der Waals surface area contributed by atoms with Crippen molar-refractivity contribution in [1.29, 1.82) is 0 Å². The molecule has 172 valence electrons. The van der Waals surface area contributed by atoms with E-state index in [2.05, 4.69) is 10.4 Å². The van der Waals surface area contributed by atoms with Crippen LogP contribution < -0.4 is 10.9 Å². The Morgan fingerprint density at radius 3 is 2.61 bits per heavy atom. The third kappa shape index (κ3) is 3.78. The Labute approximate surface area is 184 Å². The molecular weight excluding hydrogens is 441 g/mol. The van der Waals surface area contributed by atoms with Crippen molar-refractivity contribution in [3.8, 4) is 5.88 Å². The van der Waals surface area contributed by atoms with Gasteiger partial charge in [0.1, 0.15) is 17.5 Å². The van der Waals surface area contributed by atoms with Crippen molar-refractivity contribution >= 4 is 17.1 Å². The van der Waals surface area contributed by atoms with E-state index in [0.717, 1.165) is 27.5 Å². The summed E-state index contributed by atoms with van der Waals surface area (Å²) in [6.07, 6.45) is 5.15. The zero-order chi connectivity index (χ0) is 23.3. The van der Waals surface area contributed by atoms with Gasteiger partial charge in [-0.25, -0.2) is 13.2 Å². The van der Waals surface area contributed by atoms with E-state index in [9.17, 15) is 27.9 Å². The molecule has 0 unspecified atom stereocenters. The van der Waals surface area contributed by atoms with Crippen LogP contribution in [-0.4, -0.2) is 44.5 Å². The first-order valence-electron chi connectivity index (χ1n) is 10.4. The van der Waals surface area contributed by atoms with Crippen molar-refractivity contribution in [2.45, 2.75) is 31.8 Å². The number of hydrogen-bond donors (Lipinski definition) is 2. The first kappa shape index (κ1) is 21.3. The molecule has 0 spiro atoms. The number of benzene rings is 1. The number of carbonyl (C=O) groups is 1. The molecule has 5 rings (SSSR count). The molecule has 3 heterocycles. The highest BCUT2D eigenvalue weighted by Crippen LogP contribution is 2.30. The monoisotopic (exact) mass is 460 g/mol. The fourth-order valence-corrected chi connectivity index (χ4v) is 3.90. The van der Waals surface area contributed by atoms with Crippen LogP contribution in [0.1, 0.15) is 40.7 Å². The molecule has 1 saturated carbocycles. The van der Waals surface area contributed by atoms with Crippen LogP contribution in [0.15, 0.2) is 29.2 Å². The van der Waals surface area contributed by atoms with Crippen LogP contribution in [0.5, 0.6) is 5.88 Å². The summed E-state index contributed by atoms with van der Waals surface area (Å²) in [5, 5.41) is 17.7. The highest BCUT2D eigenvalue weighted by molar-refractivity contribution is 5.97. The maximum Gasteiger partial charge on any atom is 0.291 e. The van der Waals surface area contributed by atoms with Crippen LogP contribution in [0, 0.1) is 17.5 Å². The van der Waals surface area contributed by atoms with Crippen molar-refractivity contribution in [3.05, 3.63) is 68.9 Å². The van der Waals surface area contributed by atoms with Crippen LogP contribution >= 0.6 is 0 Å². The molecule has 0 bridgehead atoms. The van der Waals surface area contributed by atoms with E-state index < -0.39 is 52.5 Å². The summed E-state index contributed by atoms with van der Waals surface area (Å²) < 4.78 is 49.6. The van der Waals surface area contributed by atoms with Gasteiger partial charge in [0.25, 0.3) is 11.5 Å². The molecule has 2 aliphatic rings. The van der Waals surface area contributed by atoms with Crippen molar-refractivity contribution in [2.24, 2.45) is 0 Å². The summed E-state index contributed by atoms with van der Waals surface area (Å²) in [7, 11) is 0. The molecule has 0 radical (unpaired) electrons. The van der Waals surface area contributed by atoms with E-state index in [4.69, 9.17) is 4.74 Å². The summed E-state index contributed by atoms with van der Waals surface area (Å²) in [5.74, 6) is -5.00. The topological polar surface area (TPSA) is 97.9 Å². The number of nitrogens with one attached hydrogen (secondary N) is 1. The van der Waals surface area contributed by atoms with Crippen LogP contribution in [0.4, 0.5) is 13.2 Å². The van der Waals surface area contributed by atoms with Crippen molar-refractivity contribution < 1.29 is 27.8 Å². The molecule has 2 N–H and O–H groups in total. The number of hydrogen-bond acceptors (Lipinski definition) is 5. The minimum absolute atomic E-state index is 0.0525. The zero-order valence-corrected chi connectivity index (χ0v) is 17.3. The van der Waals surface area contributed by atoms with Gasteiger partial charge in [-0.15, -0.1) is 0 Å². The summed E-state index contributed by atoms with van der Waals surface area (Å²) in [5.41, 5.74) is -0.735. The predicted molar refractivity (Wildman–Crippen MR) is 110 cm³/mol. The second-order valence-corrected chi connectivity index (χ2v) is 8.03. The van der Waals surface area contributed by atoms with Crippen molar-refractivity contribution in [1.82, 2.24) is 19.5 Å². The predicted octanol–water partition coefficient (Wildman–Crippen LogP) is 2.36. The standard InChI is InChI=1S/C22H19F3N4O4/c23-12-7-16(24)15(17(25)8-12)10-28-20-14(11-3-5-33-6-4-11)9-26-29(20)22(32)18(21(28)31)19(30)27-13-1-2-13/h3,7-9,13,31H,1-2,4-6,10H2,(H,27,30). The van der Waals surface area contributed by atoms with Gasteiger partial charge in [0, 0.05) is 29.3 Å². The fourth-order valence-electron chi connectivity index (χ4n) is 3.90. The number of aromatic nitrogens is 3. The number of fused-ring (bicyclic) bond motifs is 1. The molecule has 0 saturated heterocycles. The Kier molecular flexibility index (Phi) is 5.20. The lowest BCUT2D eigenvalue weighted by Crippen LogP contribution is -2.34. The lowest BCUT2D eigenvalue weighted by molar-refractivity contribution is 0.0944. The minimum atomic E-state index is -1.17. The SMILES string of the molecule is O=C(NC1CC1)c1c(O)n(Cc2c(F)cc(F)cc2F)c2c(C3=CCOCC3)cnn2c1=O.